The molecule has 0 aromatic heterocycles. The molecule has 6 nitrogen and oxygen atoms in total. The van der Waals surface area contributed by atoms with Crippen molar-refractivity contribution in [2.24, 2.45) is 5.92 Å². The minimum atomic E-state index is -0.567. The lowest BCUT2D eigenvalue weighted by Gasteiger charge is -2.29. The van der Waals surface area contributed by atoms with Crippen LogP contribution in [0.3, 0.4) is 0 Å². The van der Waals surface area contributed by atoms with Crippen molar-refractivity contribution >= 4 is 11.9 Å². The van der Waals surface area contributed by atoms with Gasteiger partial charge in [0, 0.05) is 6.04 Å². The van der Waals surface area contributed by atoms with Gasteiger partial charge in [-0.3, -0.25) is 4.79 Å². The maximum absolute atomic E-state index is 12.1. The molecule has 0 saturated heterocycles. The highest BCUT2D eigenvalue weighted by Crippen LogP contribution is 2.27. The molecule has 1 fully saturated rings. The van der Waals surface area contributed by atoms with Gasteiger partial charge in [-0.2, -0.15) is 0 Å². The van der Waals surface area contributed by atoms with Crippen molar-refractivity contribution in [1.29, 1.82) is 0 Å². The predicted molar refractivity (Wildman–Crippen MR) is 89.4 cm³/mol. The molecule has 1 aromatic rings. The molecule has 0 bridgehead atoms. The first-order valence-corrected chi connectivity index (χ1v) is 8.23. The Balaban J connectivity index is 1.87. The Morgan fingerprint density at radius 2 is 1.83 bits per heavy atom. The SMILES string of the molecule is COc1ccc(C(=O)OCC(=O)N[C@@H]2CCCC[C@H]2C)cc1OC. The van der Waals surface area contributed by atoms with Crippen molar-refractivity contribution in [2.75, 3.05) is 20.8 Å². The smallest absolute Gasteiger partial charge is 0.338 e. The van der Waals surface area contributed by atoms with E-state index in [4.69, 9.17) is 14.2 Å². The topological polar surface area (TPSA) is 73.9 Å². The van der Waals surface area contributed by atoms with Crippen molar-refractivity contribution in [3.8, 4) is 11.5 Å². The molecule has 2 rings (SSSR count). The van der Waals surface area contributed by atoms with Crippen molar-refractivity contribution in [3.63, 3.8) is 0 Å². The summed E-state index contributed by atoms with van der Waals surface area (Å²) >= 11 is 0. The second-order valence-electron chi connectivity index (χ2n) is 6.08. The number of ether oxygens (including phenoxy) is 3. The third-order valence-electron chi connectivity index (χ3n) is 4.41. The van der Waals surface area contributed by atoms with Crippen LogP contribution in [0.4, 0.5) is 0 Å². The van der Waals surface area contributed by atoms with Gasteiger partial charge in [-0.1, -0.05) is 19.8 Å². The quantitative estimate of drug-likeness (QED) is 0.809. The number of rotatable bonds is 6. The molecule has 2 atom stereocenters. The van der Waals surface area contributed by atoms with Crippen molar-refractivity contribution in [2.45, 2.75) is 38.6 Å². The summed E-state index contributed by atoms with van der Waals surface area (Å²) in [6.45, 7) is 1.86. The fraction of sp³-hybridized carbons (Fsp3) is 0.556. The Hall–Kier alpha value is -2.24. The number of hydrogen-bond acceptors (Lipinski definition) is 5. The zero-order valence-corrected chi connectivity index (χ0v) is 14.5. The van der Waals surface area contributed by atoms with Gasteiger partial charge >= 0.3 is 5.97 Å². The minimum absolute atomic E-state index is 0.172. The van der Waals surface area contributed by atoms with Crippen LogP contribution >= 0.6 is 0 Å². The van der Waals surface area contributed by atoms with E-state index < -0.39 is 5.97 Å². The Kier molecular flexibility index (Phi) is 6.46. The van der Waals surface area contributed by atoms with Crippen LogP contribution in [-0.4, -0.2) is 38.7 Å². The molecule has 1 saturated carbocycles. The maximum atomic E-state index is 12.1. The Morgan fingerprint density at radius 3 is 2.50 bits per heavy atom. The standard InChI is InChI=1S/C18H25NO5/c1-12-6-4-5-7-14(12)19-17(20)11-24-18(21)13-8-9-15(22-2)16(10-13)23-3/h8-10,12,14H,4-7,11H2,1-3H3,(H,19,20)/t12-,14-/m1/s1. The first-order chi connectivity index (χ1) is 11.5. The summed E-state index contributed by atoms with van der Waals surface area (Å²) in [4.78, 5) is 24.1. The van der Waals surface area contributed by atoms with Gasteiger partial charge in [-0.05, 0) is 37.0 Å². The second-order valence-corrected chi connectivity index (χ2v) is 6.08. The molecule has 132 valence electrons. The zero-order chi connectivity index (χ0) is 17.5. The molecular weight excluding hydrogens is 310 g/mol. The van der Waals surface area contributed by atoms with Gasteiger partial charge in [0.25, 0.3) is 5.91 Å². The lowest BCUT2D eigenvalue weighted by Crippen LogP contribution is -2.42. The molecule has 6 heteroatoms. The first-order valence-electron chi connectivity index (χ1n) is 8.23. The van der Waals surface area contributed by atoms with Crippen LogP contribution in [0.25, 0.3) is 0 Å². The van der Waals surface area contributed by atoms with Gasteiger partial charge in [0.05, 0.1) is 19.8 Å². The van der Waals surface area contributed by atoms with Crippen LogP contribution in [0.1, 0.15) is 43.0 Å². The van der Waals surface area contributed by atoms with Crippen LogP contribution in [0.5, 0.6) is 11.5 Å². The summed E-state index contributed by atoms with van der Waals surface area (Å²) < 4.78 is 15.4. The highest BCUT2D eigenvalue weighted by molar-refractivity contribution is 5.92. The number of carbonyl (C=O) groups is 2. The molecule has 1 aliphatic rings. The minimum Gasteiger partial charge on any atom is -0.493 e. The first kappa shape index (κ1) is 18.1. The Morgan fingerprint density at radius 1 is 1.12 bits per heavy atom. The molecule has 1 aromatic carbocycles. The van der Waals surface area contributed by atoms with Crippen LogP contribution in [0, 0.1) is 5.92 Å². The van der Waals surface area contributed by atoms with Gasteiger partial charge in [0.15, 0.2) is 18.1 Å². The van der Waals surface area contributed by atoms with Gasteiger partial charge in [0.1, 0.15) is 0 Å². The monoisotopic (exact) mass is 335 g/mol. The van der Waals surface area contributed by atoms with E-state index in [2.05, 4.69) is 12.2 Å². The lowest BCUT2D eigenvalue weighted by molar-refractivity contribution is -0.125. The Labute approximate surface area is 142 Å². The van der Waals surface area contributed by atoms with Gasteiger partial charge < -0.3 is 19.5 Å². The van der Waals surface area contributed by atoms with Crippen LogP contribution in [0.15, 0.2) is 18.2 Å². The van der Waals surface area contributed by atoms with E-state index in [-0.39, 0.29) is 18.6 Å². The van der Waals surface area contributed by atoms with E-state index in [1.807, 2.05) is 0 Å². The Bertz CT molecular complexity index is 587. The van der Waals surface area contributed by atoms with Gasteiger partial charge in [0.2, 0.25) is 0 Å². The lowest BCUT2D eigenvalue weighted by atomic mass is 9.86. The molecule has 1 amide bonds. The largest absolute Gasteiger partial charge is 0.493 e. The molecule has 0 radical (unpaired) electrons. The van der Waals surface area contributed by atoms with Gasteiger partial charge in [-0.15, -0.1) is 0 Å². The van der Waals surface area contributed by atoms with E-state index in [1.165, 1.54) is 26.7 Å². The highest BCUT2D eigenvalue weighted by Gasteiger charge is 2.23. The molecule has 0 heterocycles. The third-order valence-corrected chi connectivity index (χ3v) is 4.41. The summed E-state index contributed by atoms with van der Waals surface area (Å²) in [7, 11) is 3.01. The average Bonchev–Trinajstić information content (AvgIpc) is 2.61. The summed E-state index contributed by atoms with van der Waals surface area (Å²) in [6.07, 6.45) is 4.44. The number of benzene rings is 1. The third kappa shape index (κ3) is 4.63. The fourth-order valence-electron chi connectivity index (χ4n) is 2.96. The summed E-state index contributed by atoms with van der Waals surface area (Å²) in [5.74, 6) is 0.597. The summed E-state index contributed by atoms with van der Waals surface area (Å²) in [6, 6.07) is 4.90. The second kappa shape index (κ2) is 8.57. The van der Waals surface area contributed by atoms with Crippen LogP contribution in [-0.2, 0) is 9.53 Å². The molecule has 0 unspecified atom stereocenters. The normalized spacial score (nSPS) is 20.1. The number of nitrogens with one attached hydrogen (secondary N) is 1. The molecule has 1 N–H and O–H groups in total. The number of esters is 1. The number of methoxy groups -OCH3 is 2. The van der Waals surface area contributed by atoms with E-state index in [0.29, 0.717) is 23.0 Å². The van der Waals surface area contributed by atoms with Crippen LogP contribution < -0.4 is 14.8 Å². The van der Waals surface area contributed by atoms with Gasteiger partial charge in [-0.25, -0.2) is 4.79 Å². The number of hydrogen-bond donors (Lipinski definition) is 1. The van der Waals surface area contributed by atoms with E-state index in [0.717, 1.165) is 19.3 Å². The predicted octanol–water partition coefficient (Wildman–Crippen LogP) is 2.56. The fourth-order valence-corrected chi connectivity index (χ4v) is 2.96. The molecule has 1 aliphatic carbocycles. The van der Waals surface area contributed by atoms with E-state index in [1.54, 1.807) is 12.1 Å². The number of carbonyl (C=O) groups excluding carboxylic acids is 2. The van der Waals surface area contributed by atoms with E-state index >= 15 is 0 Å². The summed E-state index contributed by atoms with van der Waals surface area (Å²) in [5, 5.41) is 2.96. The highest BCUT2D eigenvalue weighted by atomic mass is 16.5. The van der Waals surface area contributed by atoms with Crippen molar-refractivity contribution < 1.29 is 23.8 Å². The average molecular weight is 335 g/mol. The van der Waals surface area contributed by atoms with Crippen molar-refractivity contribution in [3.05, 3.63) is 23.8 Å². The summed E-state index contributed by atoms with van der Waals surface area (Å²) in [5.41, 5.74) is 0.312. The molecular formula is C18H25NO5. The molecule has 0 spiro atoms. The van der Waals surface area contributed by atoms with E-state index in [9.17, 15) is 9.59 Å². The zero-order valence-electron chi connectivity index (χ0n) is 14.5. The number of amides is 1. The van der Waals surface area contributed by atoms with Crippen LogP contribution in [0.2, 0.25) is 0 Å². The molecule has 0 aliphatic heterocycles. The molecule has 24 heavy (non-hydrogen) atoms. The maximum Gasteiger partial charge on any atom is 0.338 e. The van der Waals surface area contributed by atoms with Crippen molar-refractivity contribution in [1.82, 2.24) is 5.32 Å².